The number of nitrogen functional groups attached to an aromatic ring is 1. The normalized spacial score (nSPS) is 11.9. The summed E-state index contributed by atoms with van der Waals surface area (Å²) in [6.45, 7) is 6.42. The van der Waals surface area contributed by atoms with Gasteiger partial charge in [-0.05, 0) is 17.9 Å². The van der Waals surface area contributed by atoms with Crippen LogP contribution in [0.25, 0.3) is 10.4 Å². The molecule has 0 amide bonds. The van der Waals surface area contributed by atoms with Crippen molar-refractivity contribution in [1.29, 1.82) is 0 Å². The summed E-state index contributed by atoms with van der Waals surface area (Å²) in [6.07, 6.45) is 0.986. The highest BCUT2D eigenvalue weighted by Crippen LogP contribution is 2.40. The van der Waals surface area contributed by atoms with Gasteiger partial charge in [0, 0.05) is 10.3 Å². The van der Waals surface area contributed by atoms with Crippen LogP contribution in [0.2, 0.25) is 0 Å². The first-order valence-corrected chi connectivity index (χ1v) is 6.23. The molecule has 0 atom stereocenters. The second kappa shape index (κ2) is 3.94. The van der Waals surface area contributed by atoms with Crippen LogP contribution in [0.4, 0.5) is 5.82 Å². The molecule has 2 N–H and O–H groups in total. The number of hydrogen-bond acceptors (Lipinski definition) is 4. The molecule has 2 rings (SSSR count). The van der Waals surface area contributed by atoms with Crippen LogP contribution < -0.4 is 5.73 Å². The van der Waals surface area contributed by atoms with E-state index in [1.54, 1.807) is 11.3 Å². The summed E-state index contributed by atoms with van der Waals surface area (Å²) in [5.74, 6) is 1.37. The van der Waals surface area contributed by atoms with Crippen LogP contribution in [0.5, 0.6) is 0 Å². The highest BCUT2D eigenvalue weighted by atomic mass is 32.1. The Bertz CT molecular complexity index is 471. The summed E-state index contributed by atoms with van der Waals surface area (Å²) in [7, 11) is 0. The lowest BCUT2D eigenvalue weighted by Crippen LogP contribution is -2.15. The molecule has 2 aromatic rings. The van der Waals surface area contributed by atoms with Crippen molar-refractivity contribution >= 4 is 17.2 Å². The molecule has 0 aliphatic heterocycles. The molecule has 2 aromatic heterocycles. The lowest BCUT2D eigenvalue weighted by molar-refractivity contribution is 0.313. The SMILES string of the molecule is CCC(C)(C)c1onc(N)c1-c1cccs1. The Labute approximate surface area is 99.3 Å². The Kier molecular flexibility index (Phi) is 2.76. The molecule has 0 saturated carbocycles. The first-order chi connectivity index (χ1) is 7.56. The van der Waals surface area contributed by atoms with Crippen molar-refractivity contribution in [2.45, 2.75) is 32.6 Å². The lowest BCUT2D eigenvalue weighted by atomic mass is 9.85. The number of nitrogens with zero attached hydrogens (tertiary/aromatic N) is 1. The van der Waals surface area contributed by atoms with E-state index in [9.17, 15) is 0 Å². The number of hydrogen-bond donors (Lipinski definition) is 1. The standard InChI is InChI=1S/C12H16N2OS/c1-4-12(2,3)10-9(11(13)14-15-10)8-6-5-7-16-8/h5-7H,4H2,1-3H3,(H2,13,14). The molecule has 16 heavy (non-hydrogen) atoms. The molecule has 0 spiro atoms. The second-order valence-corrected chi connectivity index (χ2v) is 5.43. The van der Waals surface area contributed by atoms with Gasteiger partial charge in [0.25, 0.3) is 0 Å². The second-order valence-electron chi connectivity index (χ2n) is 4.49. The van der Waals surface area contributed by atoms with Crippen molar-refractivity contribution < 1.29 is 4.52 Å². The molecule has 4 heteroatoms. The summed E-state index contributed by atoms with van der Waals surface area (Å²) >= 11 is 1.66. The molecule has 86 valence electrons. The molecule has 3 nitrogen and oxygen atoms in total. The van der Waals surface area contributed by atoms with Gasteiger partial charge in [-0.2, -0.15) is 0 Å². The molecule has 0 aliphatic rings. The van der Waals surface area contributed by atoms with E-state index in [4.69, 9.17) is 10.3 Å². The van der Waals surface area contributed by atoms with Gasteiger partial charge in [-0.25, -0.2) is 0 Å². The minimum Gasteiger partial charge on any atom is -0.380 e. The van der Waals surface area contributed by atoms with Gasteiger partial charge >= 0.3 is 0 Å². The van der Waals surface area contributed by atoms with Crippen LogP contribution in [-0.2, 0) is 5.41 Å². The largest absolute Gasteiger partial charge is 0.380 e. The summed E-state index contributed by atoms with van der Waals surface area (Å²) in [6, 6.07) is 4.05. The first-order valence-electron chi connectivity index (χ1n) is 5.35. The molecule has 0 unspecified atom stereocenters. The molecule has 2 heterocycles. The molecule has 0 aliphatic carbocycles. The Morgan fingerprint density at radius 3 is 2.81 bits per heavy atom. The fraction of sp³-hybridized carbons (Fsp3) is 0.417. The Morgan fingerprint density at radius 1 is 1.50 bits per heavy atom. The number of aromatic nitrogens is 1. The zero-order valence-corrected chi connectivity index (χ0v) is 10.6. The van der Waals surface area contributed by atoms with E-state index in [-0.39, 0.29) is 5.41 Å². The Morgan fingerprint density at radius 2 is 2.25 bits per heavy atom. The maximum absolute atomic E-state index is 5.89. The van der Waals surface area contributed by atoms with Crippen LogP contribution in [0.1, 0.15) is 33.0 Å². The smallest absolute Gasteiger partial charge is 0.175 e. The van der Waals surface area contributed by atoms with Crippen LogP contribution in [-0.4, -0.2) is 5.16 Å². The van der Waals surface area contributed by atoms with Gasteiger partial charge in [0.1, 0.15) is 0 Å². The van der Waals surface area contributed by atoms with E-state index in [1.807, 2.05) is 17.5 Å². The van der Waals surface area contributed by atoms with Gasteiger partial charge in [-0.1, -0.05) is 32.0 Å². The van der Waals surface area contributed by atoms with Crippen molar-refractivity contribution in [3.8, 4) is 10.4 Å². The van der Waals surface area contributed by atoms with Gasteiger partial charge in [0.2, 0.25) is 0 Å². The molecule has 0 bridgehead atoms. The number of rotatable bonds is 3. The molecule has 0 radical (unpaired) electrons. The fourth-order valence-electron chi connectivity index (χ4n) is 1.58. The maximum Gasteiger partial charge on any atom is 0.175 e. The molecular weight excluding hydrogens is 220 g/mol. The van der Waals surface area contributed by atoms with Crippen molar-refractivity contribution in [2.24, 2.45) is 0 Å². The number of nitrogens with two attached hydrogens (primary N) is 1. The zero-order chi connectivity index (χ0) is 11.8. The van der Waals surface area contributed by atoms with Gasteiger partial charge in [0.15, 0.2) is 11.6 Å². The summed E-state index contributed by atoms with van der Waals surface area (Å²) in [4.78, 5) is 1.12. The van der Waals surface area contributed by atoms with Crippen molar-refractivity contribution in [2.75, 3.05) is 5.73 Å². The predicted molar refractivity (Wildman–Crippen MR) is 67.5 cm³/mol. The average molecular weight is 236 g/mol. The Balaban J connectivity index is 2.57. The van der Waals surface area contributed by atoms with Crippen LogP contribution in [0.3, 0.4) is 0 Å². The van der Waals surface area contributed by atoms with E-state index < -0.39 is 0 Å². The van der Waals surface area contributed by atoms with E-state index in [2.05, 4.69) is 25.9 Å². The van der Waals surface area contributed by atoms with Crippen LogP contribution in [0.15, 0.2) is 22.0 Å². The quantitative estimate of drug-likeness (QED) is 0.884. The molecular formula is C12H16N2OS. The minimum absolute atomic E-state index is 0.0378. The summed E-state index contributed by atoms with van der Waals surface area (Å²) < 4.78 is 5.41. The molecule has 0 fully saturated rings. The topological polar surface area (TPSA) is 52.0 Å². The van der Waals surface area contributed by atoms with Crippen LogP contribution >= 0.6 is 11.3 Å². The third-order valence-electron chi connectivity index (χ3n) is 2.98. The highest BCUT2D eigenvalue weighted by Gasteiger charge is 2.29. The van der Waals surface area contributed by atoms with Gasteiger partial charge < -0.3 is 10.3 Å². The van der Waals surface area contributed by atoms with Crippen molar-refractivity contribution in [1.82, 2.24) is 5.16 Å². The third-order valence-corrected chi connectivity index (χ3v) is 3.87. The van der Waals surface area contributed by atoms with Crippen molar-refractivity contribution in [3.63, 3.8) is 0 Å². The minimum atomic E-state index is -0.0378. The van der Waals surface area contributed by atoms with E-state index in [0.29, 0.717) is 5.82 Å². The summed E-state index contributed by atoms with van der Waals surface area (Å²) in [5.41, 5.74) is 6.81. The monoisotopic (exact) mass is 236 g/mol. The first kappa shape index (κ1) is 11.2. The van der Waals surface area contributed by atoms with E-state index >= 15 is 0 Å². The lowest BCUT2D eigenvalue weighted by Gasteiger charge is -2.19. The molecule has 0 saturated heterocycles. The van der Waals surface area contributed by atoms with E-state index in [0.717, 1.165) is 22.6 Å². The number of anilines is 1. The molecule has 0 aromatic carbocycles. The average Bonchev–Trinajstić information content (AvgIpc) is 2.86. The van der Waals surface area contributed by atoms with Gasteiger partial charge in [-0.15, -0.1) is 11.3 Å². The highest BCUT2D eigenvalue weighted by molar-refractivity contribution is 7.13. The zero-order valence-electron chi connectivity index (χ0n) is 9.78. The van der Waals surface area contributed by atoms with Gasteiger partial charge in [-0.3, -0.25) is 0 Å². The summed E-state index contributed by atoms with van der Waals surface area (Å²) in [5, 5.41) is 5.93. The maximum atomic E-state index is 5.89. The fourth-order valence-corrected chi connectivity index (χ4v) is 2.36. The predicted octanol–water partition coefficient (Wildman–Crippen LogP) is 3.67. The third kappa shape index (κ3) is 1.73. The Hall–Kier alpha value is -1.29. The van der Waals surface area contributed by atoms with E-state index in [1.165, 1.54) is 0 Å². The van der Waals surface area contributed by atoms with Crippen molar-refractivity contribution in [3.05, 3.63) is 23.3 Å². The van der Waals surface area contributed by atoms with Crippen LogP contribution in [0, 0.1) is 0 Å². The van der Waals surface area contributed by atoms with Gasteiger partial charge in [0.05, 0.1) is 5.56 Å². The number of thiophene rings is 1.